The van der Waals surface area contributed by atoms with E-state index in [4.69, 9.17) is 0 Å². The van der Waals surface area contributed by atoms with Crippen LogP contribution >= 0.6 is 0 Å². The molecule has 0 atom stereocenters. The number of benzene rings is 2. The summed E-state index contributed by atoms with van der Waals surface area (Å²) in [5.41, 5.74) is 0.610. The van der Waals surface area contributed by atoms with E-state index in [0.717, 1.165) is 17.3 Å². The fraction of sp³-hybridized carbons (Fsp3) is 0.269. The second kappa shape index (κ2) is 10.8. The molecule has 10 heteroatoms. The van der Waals surface area contributed by atoms with Crippen molar-refractivity contribution in [2.24, 2.45) is 0 Å². The lowest BCUT2D eigenvalue weighted by Gasteiger charge is -2.36. The maximum atomic E-state index is 13.3. The van der Waals surface area contributed by atoms with Crippen molar-refractivity contribution in [1.29, 1.82) is 0 Å². The zero-order valence-corrected chi connectivity index (χ0v) is 19.3. The predicted molar refractivity (Wildman–Crippen MR) is 126 cm³/mol. The monoisotopic (exact) mass is 500 g/mol. The van der Waals surface area contributed by atoms with Gasteiger partial charge in [0.2, 0.25) is 0 Å². The molecule has 0 saturated carbocycles. The lowest BCUT2D eigenvalue weighted by molar-refractivity contribution is -0.138. The van der Waals surface area contributed by atoms with Crippen LogP contribution in [0.4, 0.5) is 23.2 Å². The Bertz CT molecular complexity index is 1210. The number of pyridine rings is 1. The number of alkyl halides is 3. The van der Waals surface area contributed by atoms with E-state index in [1.807, 2.05) is 4.90 Å². The Morgan fingerprint density at radius 2 is 1.61 bits per heavy atom. The number of carbonyl (C=O) groups is 2. The Hall–Kier alpha value is -3.95. The SMILES string of the molecule is O=C(NCCc1ccc(F)cc1)c1ccc(N2CCN(C(=O)c3ccccc3C(F)(F)F)CC2)cn1. The summed E-state index contributed by atoms with van der Waals surface area (Å²) in [6.45, 7) is 1.74. The summed E-state index contributed by atoms with van der Waals surface area (Å²) >= 11 is 0. The molecule has 1 aliphatic rings. The maximum Gasteiger partial charge on any atom is 0.417 e. The third-order valence-electron chi connectivity index (χ3n) is 5.99. The number of piperazine rings is 1. The first-order valence-corrected chi connectivity index (χ1v) is 11.4. The van der Waals surface area contributed by atoms with Gasteiger partial charge in [-0.05, 0) is 48.4 Å². The van der Waals surface area contributed by atoms with Gasteiger partial charge in [0.05, 0.1) is 23.0 Å². The van der Waals surface area contributed by atoms with Crippen LogP contribution in [0.1, 0.15) is 32.0 Å². The molecule has 1 N–H and O–H groups in total. The van der Waals surface area contributed by atoms with Crippen LogP contribution in [0.5, 0.6) is 0 Å². The molecule has 0 radical (unpaired) electrons. The standard InChI is InChI=1S/C26H24F4N4O2/c27-19-7-5-18(6-8-19)11-12-31-24(35)23-10-9-20(17-32-23)33-13-15-34(16-14-33)25(36)21-3-1-2-4-22(21)26(28,29)30/h1-10,17H,11-16H2,(H,31,35). The molecule has 1 saturated heterocycles. The van der Waals surface area contributed by atoms with Crippen LogP contribution < -0.4 is 10.2 Å². The number of halogens is 4. The van der Waals surface area contributed by atoms with Crippen molar-refractivity contribution in [1.82, 2.24) is 15.2 Å². The van der Waals surface area contributed by atoms with Crippen LogP contribution in [0.2, 0.25) is 0 Å². The van der Waals surface area contributed by atoms with Gasteiger partial charge in [0.25, 0.3) is 11.8 Å². The van der Waals surface area contributed by atoms with Crippen LogP contribution in [-0.2, 0) is 12.6 Å². The van der Waals surface area contributed by atoms with Gasteiger partial charge in [0.1, 0.15) is 11.5 Å². The van der Waals surface area contributed by atoms with E-state index < -0.39 is 17.6 Å². The summed E-state index contributed by atoms with van der Waals surface area (Å²) in [5, 5.41) is 2.78. The minimum absolute atomic E-state index is 0.246. The fourth-order valence-corrected chi connectivity index (χ4v) is 4.02. The number of aromatic nitrogens is 1. The van der Waals surface area contributed by atoms with Crippen LogP contribution in [-0.4, -0.2) is 54.4 Å². The number of nitrogens with zero attached hydrogens (tertiary/aromatic N) is 3. The van der Waals surface area contributed by atoms with Gasteiger partial charge in [0, 0.05) is 32.7 Å². The number of hydrogen-bond donors (Lipinski definition) is 1. The Morgan fingerprint density at radius 3 is 2.25 bits per heavy atom. The van der Waals surface area contributed by atoms with E-state index in [0.29, 0.717) is 26.1 Å². The Kier molecular flexibility index (Phi) is 7.52. The molecule has 0 aliphatic carbocycles. The number of carbonyl (C=O) groups excluding carboxylic acids is 2. The number of anilines is 1. The zero-order chi connectivity index (χ0) is 25.7. The number of nitrogens with one attached hydrogen (secondary N) is 1. The van der Waals surface area contributed by atoms with Gasteiger partial charge in [-0.25, -0.2) is 9.37 Å². The third-order valence-corrected chi connectivity index (χ3v) is 5.99. The first-order chi connectivity index (χ1) is 17.2. The molecule has 188 valence electrons. The van der Waals surface area contributed by atoms with Crippen molar-refractivity contribution >= 4 is 17.5 Å². The topological polar surface area (TPSA) is 65.5 Å². The summed E-state index contributed by atoms with van der Waals surface area (Å²) in [7, 11) is 0. The van der Waals surface area contributed by atoms with Gasteiger partial charge in [-0.3, -0.25) is 9.59 Å². The molecule has 2 heterocycles. The largest absolute Gasteiger partial charge is 0.417 e. The molecule has 2 aromatic carbocycles. The van der Waals surface area contributed by atoms with E-state index in [-0.39, 0.29) is 36.1 Å². The highest BCUT2D eigenvalue weighted by atomic mass is 19.4. The first-order valence-electron chi connectivity index (χ1n) is 11.4. The number of rotatable bonds is 6. The Labute approximate surface area is 205 Å². The highest BCUT2D eigenvalue weighted by molar-refractivity contribution is 5.96. The average molecular weight is 500 g/mol. The molecule has 2 amide bonds. The van der Waals surface area contributed by atoms with Gasteiger partial charge in [-0.1, -0.05) is 24.3 Å². The molecular weight excluding hydrogens is 476 g/mol. The van der Waals surface area contributed by atoms with Crippen molar-refractivity contribution in [3.8, 4) is 0 Å². The molecule has 1 fully saturated rings. The summed E-state index contributed by atoms with van der Waals surface area (Å²) in [5.74, 6) is -1.29. The van der Waals surface area contributed by atoms with Crippen LogP contribution in [0, 0.1) is 5.82 Å². The second-order valence-corrected chi connectivity index (χ2v) is 8.36. The van der Waals surface area contributed by atoms with Crippen molar-refractivity contribution in [3.63, 3.8) is 0 Å². The molecular formula is C26H24F4N4O2. The third kappa shape index (κ3) is 5.99. The fourth-order valence-electron chi connectivity index (χ4n) is 4.02. The normalized spacial score (nSPS) is 14.0. The Morgan fingerprint density at radius 1 is 0.917 bits per heavy atom. The smallest absolute Gasteiger partial charge is 0.367 e. The highest BCUT2D eigenvalue weighted by Gasteiger charge is 2.36. The van der Waals surface area contributed by atoms with Gasteiger partial charge < -0.3 is 15.1 Å². The summed E-state index contributed by atoms with van der Waals surface area (Å²) in [4.78, 5) is 32.7. The van der Waals surface area contributed by atoms with Gasteiger partial charge in [0.15, 0.2) is 0 Å². The molecule has 6 nitrogen and oxygen atoms in total. The number of amides is 2. The highest BCUT2D eigenvalue weighted by Crippen LogP contribution is 2.32. The number of hydrogen-bond acceptors (Lipinski definition) is 4. The van der Waals surface area contributed by atoms with E-state index in [2.05, 4.69) is 10.3 Å². The van der Waals surface area contributed by atoms with Crippen LogP contribution in [0.3, 0.4) is 0 Å². The zero-order valence-electron chi connectivity index (χ0n) is 19.3. The van der Waals surface area contributed by atoms with E-state index in [1.165, 1.54) is 35.2 Å². The van der Waals surface area contributed by atoms with Gasteiger partial charge >= 0.3 is 6.18 Å². The maximum absolute atomic E-state index is 13.3. The molecule has 0 spiro atoms. The van der Waals surface area contributed by atoms with Crippen molar-refractivity contribution < 1.29 is 27.2 Å². The minimum Gasteiger partial charge on any atom is -0.367 e. The van der Waals surface area contributed by atoms with E-state index in [9.17, 15) is 27.2 Å². The minimum atomic E-state index is -4.60. The lowest BCUT2D eigenvalue weighted by Crippen LogP contribution is -2.49. The molecule has 0 unspecified atom stereocenters. The Balaban J connectivity index is 1.29. The first kappa shape index (κ1) is 25.2. The molecule has 1 aliphatic heterocycles. The predicted octanol–water partition coefficient (Wildman–Crippen LogP) is 4.17. The average Bonchev–Trinajstić information content (AvgIpc) is 2.89. The van der Waals surface area contributed by atoms with Crippen LogP contribution in [0.25, 0.3) is 0 Å². The summed E-state index contributed by atoms with van der Waals surface area (Å²) in [6, 6.07) is 14.2. The van der Waals surface area contributed by atoms with E-state index >= 15 is 0 Å². The molecule has 3 aromatic rings. The van der Waals surface area contributed by atoms with Crippen LogP contribution in [0.15, 0.2) is 66.9 Å². The van der Waals surface area contributed by atoms with Crippen molar-refractivity contribution in [2.45, 2.75) is 12.6 Å². The summed E-state index contributed by atoms with van der Waals surface area (Å²) in [6.07, 6.45) is -2.49. The molecule has 36 heavy (non-hydrogen) atoms. The van der Waals surface area contributed by atoms with Crippen molar-refractivity contribution in [3.05, 3.63) is 95.1 Å². The van der Waals surface area contributed by atoms with Crippen molar-refractivity contribution in [2.75, 3.05) is 37.6 Å². The lowest BCUT2D eigenvalue weighted by atomic mass is 10.1. The molecule has 1 aromatic heterocycles. The molecule has 0 bridgehead atoms. The quantitative estimate of drug-likeness (QED) is 0.516. The molecule has 4 rings (SSSR count). The second-order valence-electron chi connectivity index (χ2n) is 8.36. The van der Waals surface area contributed by atoms with E-state index in [1.54, 1.807) is 30.5 Å². The van der Waals surface area contributed by atoms with Gasteiger partial charge in [-0.15, -0.1) is 0 Å². The van der Waals surface area contributed by atoms with Gasteiger partial charge in [-0.2, -0.15) is 13.2 Å². The summed E-state index contributed by atoms with van der Waals surface area (Å²) < 4.78 is 52.8.